The van der Waals surface area contributed by atoms with Gasteiger partial charge in [0, 0.05) is 17.0 Å². The fourth-order valence-corrected chi connectivity index (χ4v) is 3.55. The van der Waals surface area contributed by atoms with Gasteiger partial charge in [0.15, 0.2) is 6.04 Å². The van der Waals surface area contributed by atoms with Gasteiger partial charge >= 0.3 is 0 Å². The number of hydrogen-bond acceptors (Lipinski definition) is 8. The Morgan fingerprint density at radius 2 is 2.00 bits per heavy atom. The molecule has 1 aliphatic heterocycles. The van der Waals surface area contributed by atoms with Gasteiger partial charge in [0.05, 0.1) is 24.2 Å². The van der Waals surface area contributed by atoms with E-state index in [4.69, 9.17) is 4.74 Å². The van der Waals surface area contributed by atoms with Crippen LogP contribution in [0.25, 0.3) is 11.3 Å². The third-order valence-corrected chi connectivity index (χ3v) is 5.09. The van der Waals surface area contributed by atoms with Crippen LogP contribution in [0.5, 0.6) is 11.5 Å². The first-order chi connectivity index (χ1) is 14.0. The van der Waals surface area contributed by atoms with Gasteiger partial charge in [0.1, 0.15) is 11.5 Å². The first-order valence-electron chi connectivity index (χ1n) is 8.74. The van der Waals surface area contributed by atoms with Gasteiger partial charge in [0.25, 0.3) is 5.91 Å². The molecule has 29 heavy (non-hydrogen) atoms. The molecule has 2 heterocycles. The zero-order valence-corrected chi connectivity index (χ0v) is 16.5. The van der Waals surface area contributed by atoms with Crippen LogP contribution >= 0.6 is 11.3 Å². The Kier molecular flexibility index (Phi) is 5.05. The number of phenolic OH excluding ortho intramolecular Hbond substituents is 1. The number of carbonyl (C=O) groups excluding carboxylic acids is 1. The molecule has 146 valence electrons. The largest absolute Gasteiger partial charge is 0.508 e. The van der Waals surface area contributed by atoms with Gasteiger partial charge in [-0.05, 0) is 43.3 Å². The second-order valence-electron chi connectivity index (χ2n) is 6.27. The summed E-state index contributed by atoms with van der Waals surface area (Å²) < 4.78 is 5.17. The number of nitrogens with zero attached hydrogens (tertiary/aromatic N) is 5. The van der Waals surface area contributed by atoms with Crippen molar-refractivity contribution in [1.29, 1.82) is 0 Å². The Morgan fingerprint density at radius 1 is 1.21 bits per heavy atom. The van der Waals surface area contributed by atoms with Crippen LogP contribution in [0.15, 0.2) is 69.2 Å². The van der Waals surface area contributed by atoms with Crippen molar-refractivity contribution in [1.82, 2.24) is 4.98 Å². The summed E-state index contributed by atoms with van der Waals surface area (Å²) in [5.41, 5.74) is 2.65. The molecule has 0 saturated heterocycles. The lowest BCUT2D eigenvalue weighted by atomic mass is 10.2. The minimum Gasteiger partial charge on any atom is -0.508 e. The lowest BCUT2D eigenvalue weighted by molar-refractivity contribution is -0.117. The number of aromatic hydroxyl groups is 1. The van der Waals surface area contributed by atoms with Crippen molar-refractivity contribution in [2.75, 3.05) is 12.1 Å². The average molecular weight is 407 g/mol. The van der Waals surface area contributed by atoms with E-state index in [1.807, 2.05) is 29.6 Å². The van der Waals surface area contributed by atoms with Crippen molar-refractivity contribution in [2.24, 2.45) is 15.3 Å². The molecule has 0 saturated carbocycles. The third-order valence-electron chi connectivity index (χ3n) is 4.27. The molecule has 1 amide bonds. The molecule has 0 radical (unpaired) electrons. The lowest BCUT2D eigenvalue weighted by Gasteiger charge is -2.08. The highest BCUT2D eigenvalue weighted by Crippen LogP contribution is 2.31. The minimum absolute atomic E-state index is 0.0834. The van der Waals surface area contributed by atoms with Crippen LogP contribution in [0, 0.1) is 0 Å². The molecule has 1 aliphatic rings. The quantitative estimate of drug-likeness (QED) is 0.634. The van der Waals surface area contributed by atoms with Crippen molar-refractivity contribution in [3.05, 3.63) is 53.9 Å². The maximum Gasteiger partial charge on any atom is 0.282 e. The molecule has 3 aromatic rings. The van der Waals surface area contributed by atoms with Gasteiger partial charge in [-0.25, -0.2) is 4.98 Å². The Balaban J connectivity index is 1.53. The van der Waals surface area contributed by atoms with Gasteiger partial charge in [0.2, 0.25) is 5.13 Å². The summed E-state index contributed by atoms with van der Waals surface area (Å²) in [6.07, 6.45) is 0. The number of thiazole rings is 1. The van der Waals surface area contributed by atoms with E-state index in [9.17, 15) is 9.90 Å². The zero-order valence-electron chi connectivity index (χ0n) is 15.7. The van der Waals surface area contributed by atoms with Crippen LogP contribution in [-0.2, 0) is 4.79 Å². The summed E-state index contributed by atoms with van der Waals surface area (Å²) in [6, 6.07) is 13.1. The number of rotatable bonds is 5. The SMILES string of the molecule is COc1ccc(-c2csc(N3N=C(C)[C@H](N=Nc4cccc(O)c4)C3=O)n2)cc1. The molecule has 4 rings (SSSR count). The number of aromatic nitrogens is 1. The van der Waals surface area contributed by atoms with Crippen LogP contribution in [-0.4, -0.2) is 34.9 Å². The van der Waals surface area contributed by atoms with Crippen molar-refractivity contribution in [3.63, 3.8) is 0 Å². The normalized spacial score (nSPS) is 16.5. The standard InChI is InChI=1S/C20H17N5O3S/c1-12-18(23-22-14-4-3-5-15(26)10-14)19(27)25(24-12)20-21-17(11-29-20)13-6-8-16(28-2)9-7-13/h3-11,18,26H,1-2H3/t18-/m0/s1. The average Bonchev–Trinajstić information content (AvgIpc) is 3.32. The number of methoxy groups -OCH3 is 1. The maximum absolute atomic E-state index is 12.8. The van der Waals surface area contributed by atoms with Crippen LogP contribution in [0.4, 0.5) is 10.8 Å². The predicted octanol–water partition coefficient (Wildman–Crippen LogP) is 4.40. The Morgan fingerprint density at radius 3 is 2.72 bits per heavy atom. The van der Waals surface area contributed by atoms with Crippen molar-refractivity contribution >= 4 is 33.8 Å². The molecular weight excluding hydrogens is 390 g/mol. The van der Waals surface area contributed by atoms with E-state index in [1.54, 1.807) is 26.2 Å². The molecule has 8 nitrogen and oxygen atoms in total. The fourth-order valence-electron chi connectivity index (χ4n) is 2.76. The molecule has 1 N–H and O–H groups in total. The van der Waals surface area contributed by atoms with Gasteiger partial charge in [-0.15, -0.1) is 11.3 Å². The van der Waals surface area contributed by atoms with Gasteiger partial charge in [-0.3, -0.25) is 4.79 Å². The molecule has 1 atom stereocenters. The van der Waals surface area contributed by atoms with Gasteiger partial charge < -0.3 is 9.84 Å². The van der Waals surface area contributed by atoms with E-state index < -0.39 is 6.04 Å². The monoisotopic (exact) mass is 407 g/mol. The summed E-state index contributed by atoms with van der Waals surface area (Å²) >= 11 is 1.33. The number of azo groups is 1. The topological polar surface area (TPSA) is 99.7 Å². The molecule has 0 spiro atoms. The maximum atomic E-state index is 12.8. The fraction of sp³-hybridized carbons (Fsp3) is 0.150. The number of benzene rings is 2. The van der Waals surface area contributed by atoms with E-state index >= 15 is 0 Å². The predicted molar refractivity (Wildman–Crippen MR) is 111 cm³/mol. The summed E-state index contributed by atoms with van der Waals surface area (Å²) in [4.78, 5) is 17.3. The molecule has 9 heteroatoms. The molecule has 1 aromatic heterocycles. The molecule has 0 fully saturated rings. The molecular formula is C20H17N5O3S. The van der Waals surface area contributed by atoms with Crippen molar-refractivity contribution in [2.45, 2.75) is 13.0 Å². The van der Waals surface area contributed by atoms with Crippen LogP contribution in [0.2, 0.25) is 0 Å². The second kappa shape index (κ2) is 7.80. The van der Waals surface area contributed by atoms with E-state index in [1.165, 1.54) is 28.5 Å². The van der Waals surface area contributed by atoms with Gasteiger partial charge in [-0.2, -0.15) is 20.3 Å². The minimum atomic E-state index is -0.814. The smallest absolute Gasteiger partial charge is 0.282 e. The van der Waals surface area contributed by atoms with Gasteiger partial charge in [-0.1, -0.05) is 6.07 Å². The highest BCUT2D eigenvalue weighted by Gasteiger charge is 2.36. The molecule has 0 bridgehead atoms. The van der Waals surface area contributed by atoms with E-state index in [0.29, 0.717) is 16.5 Å². The Labute approximate surface area is 170 Å². The third kappa shape index (κ3) is 3.85. The molecule has 0 unspecified atom stereocenters. The molecule has 2 aromatic carbocycles. The number of anilines is 1. The van der Waals surface area contributed by atoms with Crippen LogP contribution in [0.1, 0.15) is 6.92 Å². The number of carbonyl (C=O) groups is 1. The lowest BCUT2D eigenvalue weighted by Crippen LogP contribution is -2.29. The van der Waals surface area contributed by atoms with E-state index in [2.05, 4.69) is 20.3 Å². The Bertz CT molecular complexity index is 1110. The highest BCUT2D eigenvalue weighted by atomic mass is 32.1. The first-order valence-corrected chi connectivity index (χ1v) is 9.62. The number of hydrazone groups is 1. The Hall–Kier alpha value is -3.59. The second-order valence-corrected chi connectivity index (χ2v) is 7.11. The zero-order chi connectivity index (χ0) is 20.4. The summed E-state index contributed by atoms with van der Waals surface area (Å²) in [7, 11) is 1.61. The van der Waals surface area contributed by atoms with E-state index in [-0.39, 0.29) is 11.7 Å². The van der Waals surface area contributed by atoms with Crippen molar-refractivity contribution in [3.8, 4) is 22.8 Å². The van der Waals surface area contributed by atoms with Crippen LogP contribution < -0.4 is 9.75 Å². The number of amides is 1. The summed E-state index contributed by atoms with van der Waals surface area (Å²) in [6.45, 7) is 1.72. The van der Waals surface area contributed by atoms with Crippen LogP contribution in [0.3, 0.4) is 0 Å². The number of ether oxygens (including phenoxy) is 1. The summed E-state index contributed by atoms with van der Waals surface area (Å²) in [5, 5.41) is 25.6. The highest BCUT2D eigenvalue weighted by molar-refractivity contribution is 7.14. The molecule has 0 aliphatic carbocycles. The van der Waals surface area contributed by atoms with E-state index in [0.717, 1.165) is 17.0 Å². The first kappa shape index (κ1) is 18.8. The number of hydrogen-bond donors (Lipinski definition) is 1. The number of phenols is 1. The summed E-state index contributed by atoms with van der Waals surface area (Å²) in [5.74, 6) is 0.529. The van der Waals surface area contributed by atoms with Crippen molar-refractivity contribution < 1.29 is 14.6 Å².